The minimum absolute atomic E-state index is 1.16. The van der Waals surface area contributed by atoms with E-state index in [1.165, 1.54) is 22.0 Å². The zero-order chi connectivity index (χ0) is 8.72. The number of hydrogen-bond donors (Lipinski definition) is 1. The van der Waals surface area contributed by atoms with E-state index < -0.39 is 0 Å². The molecule has 0 aliphatic carbocycles. The van der Waals surface area contributed by atoms with Gasteiger partial charge in [0.25, 0.3) is 0 Å². The summed E-state index contributed by atoms with van der Waals surface area (Å²) < 4.78 is 1.16. The third-order valence-corrected chi connectivity index (χ3v) is 3.02. The van der Waals surface area contributed by atoms with E-state index in [1.807, 2.05) is 6.20 Å². The molecule has 1 aromatic heterocycles. The number of nitrogens with one attached hydrogen (secondary N) is 1. The van der Waals surface area contributed by atoms with E-state index in [1.54, 1.807) is 0 Å². The second-order valence-electron chi connectivity index (χ2n) is 3.12. The van der Waals surface area contributed by atoms with Crippen molar-refractivity contribution in [3.05, 3.63) is 33.9 Å². The van der Waals surface area contributed by atoms with Gasteiger partial charge in [0.1, 0.15) is 0 Å². The Morgan fingerprint density at radius 3 is 2.67 bits per heavy atom. The molecule has 2 aromatic rings. The molecule has 0 aliphatic rings. The van der Waals surface area contributed by atoms with Crippen molar-refractivity contribution in [2.24, 2.45) is 0 Å². The van der Waals surface area contributed by atoms with E-state index in [9.17, 15) is 0 Å². The molecule has 0 fully saturated rings. The summed E-state index contributed by atoms with van der Waals surface area (Å²) >= 11 is 3.51. The Hall–Kier alpha value is -0.760. The minimum Gasteiger partial charge on any atom is -0.361 e. The zero-order valence-corrected chi connectivity index (χ0v) is 8.70. The second-order valence-corrected chi connectivity index (χ2v) is 3.97. The summed E-state index contributed by atoms with van der Waals surface area (Å²) in [5, 5.41) is 1.32. The number of hydrogen-bond acceptors (Lipinski definition) is 0. The molecule has 0 atom stereocenters. The lowest BCUT2D eigenvalue weighted by Gasteiger charge is -1.98. The van der Waals surface area contributed by atoms with E-state index in [4.69, 9.17) is 0 Å². The number of aryl methyl sites for hydroxylation is 2. The van der Waals surface area contributed by atoms with Crippen LogP contribution in [0.25, 0.3) is 10.9 Å². The highest BCUT2D eigenvalue weighted by Gasteiger charge is 2.01. The Balaban J connectivity index is 2.87. The SMILES string of the molecule is Cc1cc2c(C)c[nH]c2cc1Br. The summed E-state index contributed by atoms with van der Waals surface area (Å²) in [6, 6.07) is 4.32. The molecular weight excluding hydrogens is 214 g/mol. The van der Waals surface area contributed by atoms with Crippen molar-refractivity contribution >= 4 is 26.8 Å². The maximum absolute atomic E-state index is 3.51. The summed E-state index contributed by atoms with van der Waals surface area (Å²) in [4.78, 5) is 3.23. The van der Waals surface area contributed by atoms with Crippen molar-refractivity contribution in [1.29, 1.82) is 0 Å². The van der Waals surface area contributed by atoms with Crippen LogP contribution in [0.4, 0.5) is 0 Å². The molecule has 0 bridgehead atoms. The summed E-state index contributed by atoms with van der Waals surface area (Å²) in [5.74, 6) is 0. The van der Waals surface area contributed by atoms with Crippen LogP contribution in [0.2, 0.25) is 0 Å². The van der Waals surface area contributed by atoms with Crippen LogP contribution in [0.3, 0.4) is 0 Å². The normalized spacial score (nSPS) is 10.9. The van der Waals surface area contributed by atoms with Crippen molar-refractivity contribution in [2.45, 2.75) is 13.8 Å². The van der Waals surface area contributed by atoms with Gasteiger partial charge in [-0.3, -0.25) is 0 Å². The van der Waals surface area contributed by atoms with E-state index in [2.05, 4.69) is 46.9 Å². The minimum atomic E-state index is 1.16. The summed E-state index contributed by atoms with van der Waals surface area (Å²) in [6.07, 6.45) is 2.04. The number of halogens is 1. The highest BCUT2D eigenvalue weighted by Crippen LogP contribution is 2.25. The lowest BCUT2D eigenvalue weighted by molar-refractivity contribution is 1.42. The molecule has 1 nitrogen and oxygen atoms in total. The zero-order valence-electron chi connectivity index (χ0n) is 7.11. The van der Waals surface area contributed by atoms with Gasteiger partial charge in [-0.05, 0) is 37.1 Å². The second kappa shape index (κ2) is 2.63. The molecule has 0 amide bonds. The van der Waals surface area contributed by atoms with Crippen LogP contribution in [-0.4, -0.2) is 4.98 Å². The molecule has 0 radical (unpaired) electrons. The topological polar surface area (TPSA) is 15.8 Å². The van der Waals surface area contributed by atoms with E-state index in [0.29, 0.717) is 0 Å². The van der Waals surface area contributed by atoms with Gasteiger partial charge in [-0.2, -0.15) is 0 Å². The average Bonchev–Trinajstić information content (AvgIpc) is 2.35. The molecule has 1 N–H and O–H groups in total. The molecule has 0 saturated carbocycles. The van der Waals surface area contributed by atoms with Crippen molar-refractivity contribution in [1.82, 2.24) is 4.98 Å². The fourth-order valence-corrected chi connectivity index (χ4v) is 1.73. The van der Waals surface area contributed by atoms with E-state index in [0.717, 1.165) is 4.47 Å². The highest BCUT2D eigenvalue weighted by molar-refractivity contribution is 9.10. The molecule has 0 unspecified atom stereocenters. The van der Waals surface area contributed by atoms with Gasteiger partial charge in [0.05, 0.1) is 0 Å². The van der Waals surface area contributed by atoms with Crippen LogP contribution in [0, 0.1) is 13.8 Å². The fraction of sp³-hybridized carbons (Fsp3) is 0.200. The van der Waals surface area contributed by atoms with Gasteiger partial charge in [-0.25, -0.2) is 0 Å². The summed E-state index contributed by atoms with van der Waals surface area (Å²) in [7, 11) is 0. The monoisotopic (exact) mass is 223 g/mol. The van der Waals surface area contributed by atoms with Crippen LogP contribution >= 0.6 is 15.9 Å². The van der Waals surface area contributed by atoms with Crippen molar-refractivity contribution in [2.75, 3.05) is 0 Å². The average molecular weight is 224 g/mol. The maximum atomic E-state index is 3.51. The van der Waals surface area contributed by atoms with Crippen LogP contribution < -0.4 is 0 Å². The molecule has 0 aliphatic heterocycles. The molecule has 1 aromatic carbocycles. The van der Waals surface area contributed by atoms with Crippen LogP contribution in [-0.2, 0) is 0 Å². The number of fused-ring (bicyclic) bond motifs is 1. The largest absolute Gasteiger partial charge is 0.361 e. The molecular formula is C10H10BrN. The quantitative estimate of drug-likeness (QED) is 0.704. The standard InChI is InChI=1S/C10H10BrN/c1-6-3-8-7(2)5-12-10(8)4-9(6)11/h3-5,12H,1-2H3. The first kappa shape index (κ1) is 7.87. The Labute approximate surface area is 79.9 Å². The molecule has 62 valence electrons. The van der Waals surface area contributed by atoms with Gasteiger partial charge in [-0.1, -0.05) is 15.9 Å². The van der Waals surface area contributed by atoms with E-state index in [-0.39, 0.29) is 0 Å². The molecule has 2 rings (SSSR count). The molecule has 2 heteroatoms. The third-order valence-electron chi connectivity index (χ3n) is 2.17. The van der Waals surface area contributed by atoms with Crippen LogP contribution in [0.15, 0.2) is 22.8 Å². The first-order valence-corrected chi connectivity index (χ1v) is 4.71. The number of aromatic nitrogens is 1. The predicted octanol–water partition coefficient (Wildman–Crippen LogP) is 3.55. The van der Waals surface area contributed by atoms with Crippen molar-refractivity contribution in [3.8, 4) is 0 Å². The van der Waals surface area contributed by atoms with Gasteiger partial charge in [0, 0.05) is 21.6 Å². The van der Waals surface area contributed by atoms with Crippen molar-refractivity contribution < 1.29 is 0 Å². The molecule has 0 saturated heterocycles. The highest BCUT2D eigenvalue weighted by atomic mass is 79.9. The van der Waals surface area contributed by atoms with Gasteiger partial charge in [-0.15, -0.1) is 0 Å². The van der Waals surface area contributed by atoms with E-state index >= 15 is 0 Å². The lowest BCUT2D eigenvalue weighted by Crippen LogP contribution is -1.76. The van der Waals surface area contributed by atoms with Crippen LogP contribution in [0.5, 0.6) is 0 Å². The Bertz CT molecular complexity index is 429. The lowest BCUT2D eigenvalue weighted by atomic mass is 10.1. The molecule has 1 heterocycles. The van der Waals surface area contributed by atoms with Gasteiger partial charge >= 0.3 is 0 Å². The maximum Gasteiger partial charge on any atom is 0.0468 e. The number of rotatable bonds is 0. The number of aromatic amines is 1. The smallest absolute Gasteiger partial charge is 0.0468 e. The molecule has 0 spiro atoms. The fourth-order valence-electron chi connectivity index (χ4n) is 1.39. The summed E-state index contributed by atoms with van der Waals surface area (Å²) in [5.41, 5.74) is 3.79. The predicted molar refractivity (Wildman–Crippen MR) is 55.5 cm³/mol. The molecule has 12 heavy (non-hydrogen) atoms. The first-order valence-electron chi connectivity index (χ1n) is 3.92. The Morgan fingerprint density at radius 2 is 1.92 bits per heavy atom. The number of benzene rings is 1. The van der Waals surface area contributed by atoms with Crippen LogP contribution in [0.1, 0.15) is 11.1 Å². The Kier molecular flexibility index (Phi) is 1.72. The van der Waals surface area contributed by atoms with Gasteiger partial charge in [0.15, 0.2) is 0 Å². The third kappa shape index (κ3) is 1.07. The van der Waals surface area contributed by atoms with Crippen molar-refractivity contribution in [3.63, 3.8) is 0 Å². The van der Waals surface area contributed by atoms with Gasteiger partial charge in [0.2, 0.25) is 0 Å². The Morgan fingerprint density at radius 1 is 1.17 bits per heavy atom. The van der Waals surface area contributed by atoms with Gasteiger partial charge < -0.3 is 4.98 Å². The first-order chi connectivity index (χ1) is 5.68. The number of H-pyrrole nitrogens is 1. The summed E-state index contributed by atoms with van der Waals surface area (Å²) in [6.45, 7) is 4.22.